The Labute approximate surface area is 127 Å². The predicted octanol–water partition coefficient (Wildman–Crippen LogP) is 3.25. The molecule has 2 unspecified atom stereocenters. The van der Waals surface area contributed by atoms with Gasteiger partial charge in [-0.2, -0.15) is 0 Å². The molecule has 2 atom stereocenters. The fourth-order valence-electron chi connectivity index (χ4n) is 2.20. The van der Waals surface area contributed by atoms with E-state index in [1.165, 1.54) is 5.56 Å². The van der Waals surface area contributed by atoms with Crippen LogP contribution < -0.4 is 10.5 Å². The number of carbonyl (C=O) groups excluding carboxylic acids is 1. The molecule has 0 aromatic heterocycles. The minimum Gasteiger partial charge on any atom is -0.491 e. The second-order valence-electron chi connectivity index (χ2n) is 6.00. The third kappa shape index (κ3) is 5.38. The molecule has 4 nitrogen and oxygen atoms in total. The van der Waals surface area contributed by atoms with E-state index in [-0.39, 0.29) is 6.10 Å². The Morgan fingerprint density at radius 2 is 2.00 bits per heavy atom. The van der Waals surface area contributed by atoms with Gasteiger partial charge in [0.1, 0.15) is 11.3 Å². The van der Waals surface area contributed by atoms with Gasteiger partial charge < -0.3 is 15.2 Å². The maximum Gasteiger partial charge on any atom is 0.325 e. The molecule has 21 heavy (non-hydrogen) atoms. The molecular formula is C17H27NO3. The van der Waals surface area contributed by atoms with E-state index in [4.69, 9.17) is 15.2 Å². The van der Waals surface area contributed by atoms with E-state index in [1.807, 2.05) is 25.1 Å². The van der Waals surface area contributed by atoms with Crippen LogP contribution in [0.15, 0.2) is 24.3 Å². The van der Waals surface area contributed by atoms with Crippen LogP contribution in [0.5, 0.6) is 5.75 Å². The summed E-state index contributed by atoms with van der Waals surface area (Å²) in [4.78, 5) is 11.8. The van der Waals surface area contributed by atoms with Crippen LogP contribution in [0, 0.1) is 0 Å². The van der Waals surface area contributed by atoms with Crippen molar-refractivity contribution in [1.82, 2.24) is 0 Å². The Bertz CT molecular complexity index is 469. The third-order valence-electron chi connectivity index (χ3n) is 3.32. The Kier molecular flexibility index (Phi) is 6.21. The zero-order chi connectivity index (χ0) is 16.0. The molecule has 0 saturated carbocycles. The van der Waals surface area contributed by atoms with E-state index >= 15 is 0 Å². The smallest absolute Gasteiger partial charge is 0.325 e. The maximum atomic E-state index is 11.8. The molecule has 2 N–H and O–H groups in total. The number of hydrogen-bond acceptors (Lipinski definition) is 4. The lowest BCUT2D eigenvalue weighted by Gasteiger charge is -2.26. The van der Waals surface area contributed by atoms with Crippen molar-refractivity contribution in [3.63, 3.8) is 0 Å². The van der Waals surface area contributed by atoms with Crippen LogP contribution in [0.2, 0.25) is 0 Å². The molecule has 118 valence electrons. The number of hydrogen-bond donors (Lipinski definition) is 1. The van der Waals surface area contributed by atoms with E-state index in [2.05, 4.69) is 19.9 Å². The Balaban J connectivity index is 2.67. The van der Waals surface area contributed by atoms with E-state index in [1.54, 1.807) is 13.8 Å². The largest absolute Gasteiger partial charge is 0.491 e. The highest BCUT2D eigenvalue weighted by Crippen LogP contribution is 2.22. The molecule has 0 fully saturated rings. The van der Waals surface area contributed by atoms with Crippen molar-refractivity contribution in [3.8, 4) is 5.75 Å². The highest BCUT2D eigenvalue weighted by atomic mass is 16.5. The molecule has 0 spiro atoms. The molecule has 1 rings (SSSR count). The SMILES string of the molecule is CCOC(=O)C(C)(N)CC(C)Oc1cccc(C(C)C)c1. The van der Waals surface area contributed by atoms with Gasteiger partial charge in [-0.1, -0.05) is 26.0 Å². The van der Waals surface area contributed by atoms with Gasteiger partial charge in [-0.3, -0.25) is 4.79 Å². The lowest BCUT2D eigenvalue weighted by molar-refractivity contribution is -0.149. The minimum absolute atomic E-state index is 0.174. The number of esters is 1. The van der Waals surface area contributed by atoms with Gasteiger partial charge in [-0.25, -0.2) is 0 Å². The molecular weight excluding hydrogens is 266 g/mol. The molecule has 0 aliphatic heterocycles. The van der Waals surface area contributed by atoms with Crippen LogP contribution in [0.3, 0.4) is 0 Å². The van der Waals surface area contributed by atoms with E-state index < -0.39 is 11.5 Å². The highest BCUT2D eigenvalue weighted by Gasteiger charge is 2.32. The normalized spacial score (nSPS) is 15.4. The van der Waals surface area contributed by atoms with Gasteiger partial charge in [0.15, 0.2) is 0 Å². The first-order valence-electron chi connectivity index (χ1n) is 7.49. The first-order valence-corrected chi connectivity index (χ1v) is 7.49. The molecule has 0 amide bonds. The van der Waals surface area contributed by atoms with Gasteiger partial charge in [0.25, 0.3) is 0 Å². The molecule has 0 bridgehead atoms. The van der Waals surface area contributed by atoms with Gasteiger partial charge in [0.05, 0.1) is 12.7 Å². The number of carbonyl (C=O) groups is 1. The van der Waals surface area contributed by atoms with Crippen LogP contribution >= 0.6 is 0 Å². The number of nitrogens with two attached hydrogens (primary N) is 1. The number of rotatable bonds is 7. The standard InChI is InChI=1S/C17H27NO3/c1-6-20-16(19)17(5,18)11-13(4)21-15-9-7-8-14(10-15)12(2)3/h7-10,12-13H,6,11,18H2,1-5H3. The quantitative estimate of drug-likeness (QED) is 0.784. The molecule has 0 aliphatic rings. The third-order valence-corrected chi connectivity index (χ3v) is 3.32. The van der Waals surface area contributed by atoms with E-state index in [0.717, 1.165) is 5.75 Å². The lowest BCUT2D eigenvalue weighted by atomic mass is 9.96. The molecule has 4 heteroatoms. The maximum absolute atomic E-state index is 11.8. The summed E-state index contributed by atoms with van der Waals surface area (Å²) in [6.45, 7) is 9.96. The van der Waals surface area contributed by atoms with Gasteiger partial charge in [0, 0.05) is 6.42 Å². The van der Waals surface area contributed by atoms with E-state index in [9.17, 15) is 4.79 Å². The zero-order valence-electron chi connectivity index (χ0n) is 13.7. The van der Waals surface area contributed by atoms with Crippen LogP contribution in [0.25, 0.3) is 0 Å². The van der Waals surface area contributed by atoms with Crippen molar-refractivity contribution >= 4 is 5.97 Å². The zero-order valence-corrected chi connectivity index (χ0v) is 13.7. The van der Waals surface area contributed by atoms with Crippen molar-refractivity contribution in [2.75, 3.05) is 6.61 Å². The Hall–Kier alpha value is -1.55. The van der Waals surface area contributed by atoms with Gasteiger partial charge in [-0.15, -0.1) is 0 Å². The first kappa shape index (κ1) is 17.5. The summed E-state index contributed by atoms with van der Waals surface area (Å²) in [6.07, 6.45) is 0.226. The van der Waals surface area contributed by atoms with Crippen LogP contribution in [0.4, 0.5) is 0 Å². The minimum atomic E-state index is -1.04. The van der Waals surface area contributed by atoms with Crippen molar-refractivity contribution in [2.24, 2.45) is 5.73 Å². The summed E-state index contributed by atoms with van der Waals surface area (Å²) in [5.74, 6) is 0.855. The van der Waals surface area contributed by atoms with Crippen LogP contribution in [0.1, 0.15) is 52.5 Å². The average molecular weight is 293 g/mol. The van der Waals surface area contributed by atoms with E-state index in [0.29, 0.717) is 18.9 Å². The summed E-state index contributed by atoms with van der Waals surface area (Å²) in [5, 5.41) is 0. The Morgan fingerprint density at radius 1 is 1.33 bits per heavy atom. The predicted molar refractivity (Wildman–Crippen MR) is 84.5 cm³/mol. The van der Waals surface area contributed by atoms with Crippen molar-refractivity contribution in [3.05, 3.63) is 29.8 Å². The highest BCUT2D eigenvalue weighted by molar-refractivity contribution is 5.80. The first-order chi connectivity index (χ1) is 9.76. The molecule has 0 saturated heterocycles. The van der Waals surface area contributed by atoms with Crippen molar-refractivity contribution < 1.29 is 14.3 Å². The van der Waals surface area contributed by atoms with Crippen LogP contribution in [-0.2, 0) is 9.53 Å². The number of ether oxygens (including phenoxy) is 2. The summed E-state index contributed by atoms with van der Waals surface area (Å²) in [7, 11) is 0. The molecule has 1 aromatic rings. The topological polar surface area (TPSA) is 61.5 Å². The lowest BCUT2D eigenvalue weighted by Crippen LogP contribution is -2.49. The summed E-state index contributed by atoms with van der Waals surface area (Å²) >= 11 is 0. The summed E-state index contributed by atoms with van der Waals surface area (Å²) < 4.78 is 10.9. The molecule has 0 aliphatic carbocycles. The fraction of sp³-hybridized carbons (Fsp3) is 0.588. The average Bonchev–Trinajstić information content (AvgIpc) is 2.38. The summed E-state index contributed by atoms with van der Waals surface area (Å²) in [5.41, 5.74) is 6.21. The fourth-order valence-corrected chi connectivity index (χ4v) is 2.20. The molecule has 1 aromatic carbocycles. The summed E-state index contributed by atoms with van der Waals surface area (Å²) in [6, 6.07) is 8.00. The molecule has 0 heterocycles. The van der Waals surface area contributed by atoms with Crippen LogP contribution in [-0.4, -0.2) is 24.2 Å². The second-order valence-corrected chi connectivity index (χ2v) is 6.00. The van der Waals surface area contributed by atoms with Crippen molar-refractivity contribution in [1.29, 1.82) is 0 Å². The monoisotopic (exact) mass is 293 g/mol. The second kappa shape index (κ2) is 7.46. The Morgan fingerprint density at radius 3 is 2.57 bits per heavy atom. The number of benzene rings is 1. The molecule has 0 radical (unpaired) electrons. The van der Waals surface area contributed by atoms with Crippen molar-refractivity contribution in [2.45, 2.75) is 58.6 Å². The van der Waals surface area contributed by atoms with Gasteiger partial charge >= 0.3 is 5.97 Å². The van der Waals surface area contributed by atoms with Gasteiger partial charge in [-0.05, 0) is 44.4 Å². The van der Waals surface area contributed by atoms with Gasteiger partial charge in [0.2, 0.25) is 0 Å².